The molecule has 0 saturated heterocycles. The van der Waals surface area contributed by atoms with Crippen molar-refractivity contribution >= 4 is 28.7 Å². The lowest BCUT2D eigenvalue weighted by Crippen LogP contribution is -2.25. The SMILES string of the molecule is COc1ccc(NC(=S)N/N=C2\C[C@H](C)c3c(F)ccc(O)c32)cc1. The number of thiocarbonyl (C=S) groups is 1. The molecule has 3 rings (SSSR count). The van der Waals surface area contributed by atoms with Crippen molar-refractivity contribution in [3.63, 3.8) is 0 Å². The van der Waals surface area contributed by atoms with Crippen LogP contribution in [0.1, 0.15) is 30.4 Å². The molecule has 0 radical (unpaired) electrons. The van der Waals surface area contributed by atoms with Gasteiger partial charge < -0.3 is 15.2 Å². The van der Waals surface area contributed by atoms with Crippen molar-refractivity contribution in [2.75, 3.05) is 12.4 Å². The third kappa shape index (κ3) is 3.56. The molecule has 0 bridgehead atoms. The van der Waals surface area contributed by atoms with Gasteiger partial charge in [0.2, 0.25) is 0 Å². The van der Waals surface area contributed by atoms with Crippen LogP contribution in [0.3, 0.4) is 0 Å². The number of hydrogen-bond donors (Lipinski definition) is 3. The van der Waals surface area contributed by atoms with E-state index >= 15 is 0 Å². The molecule has 0 fully saturated rings. The van der Waals surface area contributed by atoms with E-state index in [0.29, 0.717) is 28.4 Å². The molecule has 5 nitrogen and oxygen atoms in total. The van der Waals surface area contributed by atoms with Crippen LogP contribution in [0.2, 0.25) is 0 Å². The van der Waals surface area contributed by atoms with Gasteiger partial charge in [-0.2, -0.15) is 5.10 Å². The number of methoxy groups -OCH3 is 1. The summed E-state index contributed by atoms with van der Waals surface area (Å²) in [5.41, 5.74) is 5.07. The van der Waals surface area contributed by atoms with E-state index in [1.54, 1.807) is 7.11 Å². The Morgan fingerprint density at radius 1 is 1.28 bits per heavy atom. The van der Waals surface area contributed by atoms with E-state index in [9.17, 15) is 9.50 Å². The van der Waals surface area contributed by atoms with E-state index in [0.717, 1.165) is 11.4 Å². The van der Waals surface area contributed by atoms with Gasteiger partial charge in [-0.15, -0.1) is 0 Å². The highest BCUT2D eigenvalue weighted by atomic mass is 32.1. The summed E-state index contributed by atoms with van der Waals surface area (Å²) in [6, 6.07) is 9.90. The lowest BCUT2D eigenvalue weighted by atomic mass is 10.0. The number of hydrazone groups is 1. The summed E-state index contributed by atoms with van der Waals surface area (Å²) in [6.07, 6.45) is 0.530. The smallest absolute Gasteiger partial charge is 0.191 e. The van der Waals surface area contributed by atoms with Gasteiger partial charge in [0.05, 0.1) is 12.8 Å². The van der Waals surface area contributed by atoms with Gasteiger partial charge in [-0.05, 0) is 61.0 Å². The monoisotopic (exact) mass is 359 g/mol. The predicted molar refractivity (Wildman–Crippen MR) is 100.0 cm³/mol. The second-order valence-corrected chi connectivity index (χ2v) is 6.22. The number of nitrogens with zero attached hydrogens (tertiary/aromatic N) is 1. The highest BCUT2D eigenvalue weighted by Gasteiger charge is 2.30. The first-order valence-corrected chi connectivity index (χ1v) is 8.19. The van der Waals surface area contributed by atoms with Crippen molar-refractivity contribution < 1.29 is 14.2 Å². The summed E-state index contributed by atoms with van der Waals surface area (Å²) in [6.45, 7) is 1.90. The molecule has 0 aromatic heterocycles. The number of ether oxygens (including phenoxy) is 1. The van der Waals surface area contributed by atoms with E-state index in [2.05, 4.69) is 15.8 Å². The van der Waals surface area contributed by atoms with Crippen molar-refractivity contribution in [1.29, 1.82) is 0 Å². The van der Waals surface area contributed by atoms with Gasteiger partial charge >= 0.3 is 0 Å². The van der Waals surface area contributed by atoms with Gasteiger partial charge in [-0.3, -0.25) is 5.43 Å². The zero-order chi connectivity index (χ0) is 18.0. The van der Waals surface area contributed by atoms with E-state index in [-0.39, 0.29) is 17.5 Å². The first kappa shape index (κ1) is 17.2. The van der Waals surface area contributed by atoms with Gasteiger partial charge in [0.15, 0.2) is 5.11 Å². The van der Waals surface area contributed by atoms with Crippen LogP contribution in [0.4, 0.5) is 10.1 Å². The summed E-state index contributed by atoms with van der Waals surface area (Å²) in [5.74, 6) is 0.393. The standard InChI is InChI=1S/C18H18FN3O2S/c1-10-9-14(17-15(23)8-7-13(19)16(10)17)21-22-18(25)20-11-3-5-12(24-2)6-4-11/h3-8,10,23H,9H2,1-2H3,(H2,20,22,25)/b21-14+/t10-/m0/s1. The molecular formula is C18H18FN3O2S. The number of hydrogen-bond acceptors (Lipinski definition) is 4. The molecule has 0 spiro atoms. The number of aromatic hydroxyl groups is 1. The average Bonchev–Trinajstić information content (AvgIpc) is 2.95. The minimum Gasteiger partial charge on any atom is -0.507 e. The van der Waals surface area contributed by atoms with Crippen LogP contribution in [0.5, 0.6) is 11.5 Å². The second-order valence-electron chi connectivity index (χ2n) is 5.81. The third-order valence-corrected chi connectivity index (χ3v) is 4.28. The van der Waals surface area contributed by atoms with Crippen LogP contribution < -0.4 is 15.5 Å². The van der Waals surface area contributed by atoms with Crippen LogP contribution in [-0.4, -0.2) is 23.0 Å². The van der Waals surface area contributed by atoms with Crippen molar-refractivity contribution in [1.82, 2.24) is 5.43 Å². The molecule has 25 heavy (non-hydrogen) atoms. The fraction of sp³-hybridized carbons (Fsp3) is 0.222. The van der Waals surface area contributed by atoms with Crippen LogP contribution in [-0.2, 0) is 0 Å². The Bertz CT molecular complexity index is 837. The quantitative estimate of drug-likeness (QED) is 0.576. The predicted octanol–water partition coefficient (Wildman–Crippen LogP) is 3.74. The molecule has 0 amide bonds. The number of nitrogens with one attached hydrogen (secondary N) is 2. The summed E-state index contributed by atoms with van der Waals surface area (Å²) < 4.78 is 19.1. The molecule has 3 N–H and O–H groups in total. The number of fused-ring (bicyclic) bond motifs is 1. The maximum atomic E-state index is 14.0. The molecule has 0 saturated carbocycles. The molecule has 2 aromatic carbocycles. The zero-order valence-corrected chi connectivity index (χ0v) is 14.7. The van der Waals surface area contributed by atoms with Crippen molar-refractivity contribution in [3.8, 4) is 11.5 Å². The van der Waals surface area contributed by atoms with E-state index < -0.39 is 0 Å². The Balaban J connectivity index is 1.73. The lowest BCUT2D eigenvalue weighted by Gasteiger charge is -2.09. The minimum atomic E-state index is -0.329. The number of benzene rings is 2. The van der Waals surface area contributed by atoms with E-state index in [1.807, 2.05) is 31.2 Å². The van der Waals surface area contributed by atoms with Crippen molar-refractivity contribution in [2.45, 2.75) is 19.3 Å². The van der Waals surface area contributed by atoms with E-state index in [4.69, 9.17) is 17.0 Å². The summed E-state index contributed by atoms with van der Waals surface area (Å²) in [7, 11) is 1.60. The molecule has 1 aliphatic rings. The number of anilines is 1. The average molecular weight is 359 g/mol. The van der Waals surface area contributed by atoms with Gasteiger partial charge in [0.25, 0.3) is 0 Å². The van der Waals surface area contributed by atoms with Crippen LogP contribution in [0.15, 0.2) is 41.5 Å². The highest BCUT2D eigenvalue weighted by molar-refractivity contribution is 7.80. The van der Waals surface area contributed by atoms with E-state index in [1.165, 1.54) is 12.1 Å². The molecule has 0 unspecified atom stereocenters. The topological polar surface area (TPSA) is 65.9 Å². The molecule has 7 heteroatoms. The molecule has 0 aliphatic heterocycles. The molecule has 130 valence electrons. The zero-order valence-electron chi connectivity index (χ0n) is 13.8. The normalized spacial score (nSPS) is 17.2. The molecule has 1 atom stereocenters. The second kappa shape index (κ2) is 7.06. The van der Waals surface area contributed by atoms with Gasteiger partial charge in [0.1, 0.15) is 17.3 Å². The lowest BCUT2D eigenvalue weighted by molar-refractivity contribution is 0.415. The number of phenolic OH excluding ortho intramolecular Hbond substituents is 1. The Labute approximate surface area is 150 Å². The Morgan fingerprint density at radius 3 is 2.68 bits per heavy atom. The van der Waals surface area contributed by atoms with Crippen molar-refractivity contribution in [2.24, 2.45) is 5.10 Å². The van der Waals surface area contributed by atoms with Crippen LogP contribution in [0.25, 0.3) is 0 Å². The van der Waals surface area contributed by atoms with Crippen LogP contribution >= 0.6 is 12.2 Å². The van der Waals surface area contributed by atoms with Crippen LogP contribution in [0, 0.1) is 5.82 Å². The Kier molecular flexibility index (Phi) is 4.85. The minimum absolute atomic E-state index is 0.0235. The largest absolute Gasteiger partial charge is 0.507 e. The summed E-state index contributed by atoms with van der Waals surface area (Å²) in [4.78, 5) is 0. The molecule has 2 aromatic rings. The first-order chi connectivity index (χ1) is 12.0. The summed E-state index contributed by atoms with van der Waals surface area (Å²) >= 11 is 5.22. The van der Waals surface area contributed by atoms with Gasteiger partial charge in [-0.1, -0.05) is 6.92 Å². The molecule has 1 aliphatic carbocycles. The number of rotatable bonds is 3. The van der Waals surface area contributed by atoms with Gasteiger partial charge in [-0.25, -0.2) is 4.39 Å². The fourth-order valence-electron chi connectivity index (χ4n) is 2.92. The molecule has 0 heterocycles. The van der Waals surface area contributed by atoms with Gasteiger partial charge in [0, 0.05) is 16.8 Å². The maximum absolute atomic E-state index is 14.0. The highest BCUT2D eigenvalue weighted by Crippen LogP contribution is 2.39. The third-order valence-electron chi connectivity index (χ3n) is 4.09. The fourth-order valence-corrected chi connectivity index (χ4v) is 3.08. The Morgan fingerprint density at radius 2 is 2.00 bits per heavy atom. The van der Waals surface area contributed by atoms with Crippen molar-refractivity contribution in [3.05, 3.63) is 53.3 Å². The first-order valence-electron chi connectivity index (χ1n) is 7.79. The Hall–Kier alpha value is -2.67. The number of phenols is 1. The summed E-state index contributed by atoms with van der Waals surface area (Å²) in [5, 5.41) is 17.6. The molecular weight excluding hydrogens is 341 g/mol. The number of halogens is 1. The maximum Gasteiger partial charge on any atom is 0.191 e.